The number of ether oxygens (including phenoxy) is 1. The summed E-state index contributed by atoms with van der Waals surface area (Å²) in [5.74, 6) is 0.147. The Morgan fingerprint density at radius 2 is 1.73 bits per heavy atom. The highest BCUT2D eigenvalue weighted by Crippen LogP contribution is 2.19. The van der Waals surface area contributed by atoms with Crippen LogP contribution < -0.4 is 10.1 Å². The predicted octanol–water partition coefficient (Wildman–Crippen LogP) is 4.61. The number of aryl methyl sites for hydroxylation is 1. The Morgan fingerprint density at radius 1 is 1.07 bits per heavy atom. The highest BCUT2D eigenvalue weighted by Gasteiger charge is 2.27. The molecular formula is C24H31ClN2O3. The molecule has 30 heavy (non-hydrogen) atoms. The Balaban J connectivity index is 2.14. The molecular weight excluding hydrogens is 400 g/mol. The van der Waals surface area contributed by atoms with E-state index < -0.39 is 6.04 Å². The van der Waals surface area contributed by atoms with Crippen molar-refractivity contribution in [2.24, 2.45) is 0 Å². The number of benzene rings is 2. The van der Waals surface area contributed by atoms with E-state index in [2.05, 4.69) is 12.2 Å². The van der Waals surface area contributed by atoms with Gasteiger partial charge in [0.05, 0.1) is 0 Å². The second kappa shape index (κ2) is 11.6. The van der Waals surface area contributed by atoms with Crippen LogP contribution in [0.2, 0.25) is 5.02 Å². The Hall–Kier alpha value is -2.53. The number of halogens is 1. The van der Waals surface area contributed by atoms with Gasteiger partial charge in [-0.05, 0) is 56.0 Å². The SMILES string of the molecule is CCc1ccc(OCC(=O)N(Cc2ccccc2Cl)[C@@H](C)C(=O)N[C@@H](C)CC)cc1. The average molecular weight is 431 g/mol. The third kappa shape index (κ3) is 6.77. The van der Waals surface area contributed by atoms with Crippen LogP contribution in [0.5, 0.6) is 5.75 Å². The van der Waals surface area contributed by atoms with Gasteiger partial charge < -0.3 is 15.0 Å². The zero-order valence-electron chi connectivity index (χ0n) is 18.2. The van der Waals surface area contributed by atoms with E-state index in [-0.39, 0.29) is 31.0 Å². The molecule has 0 aliphatic heterocycles. The van der Waals surface area contributed by atoms with Crippen molar-refractivity contribution in [2.45, 2.75) is 59.2 Å². The normalized spacial score (nSPS) is 12.7. The van der Waals surface area contributed by atoms with Gasteiger partial charge >= 0.3 is 0 Å². The van der Waals surface area contributed by atoms with Gasteiger partial charge in [-0.25, -0.2) is 0 Å². The first-order chi connectivity index (χ1) is 14.3. The zero-order chi connectivity index (χ0) is 22.1. The van der Waals surface area contributed by atoms with Gasteiger partial charge in [0.15, 0.2) is 6.61 Å². The molecule has 162 valence electrons. The third-order valence-electron chi connectivity index (χ3n) is 5.16. The zero-order valence-corrected chi connectivity index (χ0v) is 18.9. The lowest BCUT2D eigenvalue weighted by atomic mass is 10.1. The molecule has 0 radical (unpaired) electrons. The van der Waals surface area contributed by atoms with E-state index in [1.807, 2.05) is 56.3 Å². The number of nitrogens with zero attached hydrogens (tertiary/aromatic N) is 1. The quantitative estimate of drug-likeness (QED) is 0.598. The third-order valence-corrected chi connectivity index (χ3v) is 5.53. The molecule has 0 bridgehead atoms. The van der Waals surface area contributed by atoms with E-state index in [0.717, 1.165) is 18.4 Å². The highest BCUT2D eigenvalue weighted by atomic mass is 35.5. The van der Waals surface area contributed by atoms with E-state index in [1.165, 1.54) is 10.5 Å². The van der Waals surface area contributed by atoms with Gasteiger partial charge in [-0.1, -0.05) is 55.8 Å². The van der Waals surface area contributed by atoms with E-state index in [1.54, 1.807) is 13.0 Å². The van der Waals surface area contributed by atoms with Gasteiger partial charge in [-0.15, -0.1) is 0 Å². The van der Waals surface area contributed by atoms with Crippen LogP contribution in [0, 0.1) is 0 Å². The van der Waals surface area contributed by atoms with Crippen LogP contribution in [-0.2, 0) is 22.6 Å². The van der Waals surface area contributed by atoms with E-state index >= 15 is 0 Å². The van der Waals surface area contributed by atoms with Crippen molar-refractivity contribution in [1.82, 2.24) is 10.2 Å². The molecule has 0 heterocycles. The number of hydrogen-bond acceptors (Lipinski definition) is 3. The maximum atomic E-state index is 13.0. The van der Waals surface area contributed by atoms with Crippen molar-refractivity contribution in [3.05, 3.63) is 64.7 Å². The summed E-state index contributed by atoms with van der Waals surface area (Å²) in [7, 11) is 0. The molecule has 2 aromatic rings. The first-order valence-corrected chi connectivity index (χ1v) is 10.8. The molecule has 2 rings (SSSR count). The molecule has 2 aromatic carbocycles. The summed E-state index contributed by atoms with van der Waals surface area (Å²) in [5.41, 5.74) is 1.98. The van der Waals surface area contributed by atoms with Gasteiger partial charge in [-0.3, -0.25) is 9.59 Å². The van der Waals surface area contributed by atoms with Crippen LogP contribution >= 0.6 is 11.6 Å². The molecule has 2 amide bonds. The lowest BCUT2D eigenvalue weighted by Gasteiger charge is -2.30. The molecule has 0 fully saturated rings. The lowest BCUT2D eigenvalue weighted by molar-refractivity contribution is -0.142. The maximum absolute atomic E-state index is 13.0. The summed E-state index contributed by atoms with van der Waals surface area (Å²) < 4.78 is 5.69. The fourth-order valence-electron chi connectivity index (χ4n) is 2.91. The molecule has 6 heteroatoms. The fourth-order valence-corrected chi connectivity index (χ4v) is 3.10. The summed E-state index contributed by atoms with van der Waals surface area (Å²) in [6, 6.07) is 14.3. The van der Waals surface area contributed by atoms with Crippen molar-refractivity contribution in [3.8, 4) is 5.75 Å². The van der Waals surface area contributed by atoms with Gasteiger partial charge in [-0.2, -0.15) is 0 Å². The number of nitrogens with one attached hydrogen (secondary N) is 1. The smallest absolute Gasteiger partial charge is 0.261 e. The standard InChI is InChI=1S/C24H31ClN2O3/c1-5-17(3)26-24(29)18(4)27(15-20-9-7-8-10-22(20)25)23(28)16-30-21-13-11-19(6-2)12-14-21/h7-14,17-18H,5-6,15-16H2,1-4H3,(H,26,29)/t17-,18-/m0/s1. The molecule has 5 nitrogen and oxygen atoms in total. The Labute approximate surface area is 184 Å². The average Bonchev–Trinajstić information content (AvgIpc) is 2.76. The van der Waals surface area contributed by atoms with Crippen molar-refractivity contribution in [3.63, 3.8) is 0 Å². The minimum Gasteiger partial charge on any atom is -0.484 e. The number of hydrogen-bond donors (Lipinski definition) is 1. The van der Waals surface area contributed by atoms with Gasteiger partial charge in [0.25, 0.3) is 5.91 Å². The molecule has 0 saturated heterocycles. The number of carbonyl (C=O) groups excluding carboxylic acids is 2. The predicted molar refractivity (Wildman–Crippen MR) is 121 cm³/mol. The maximum Gasteiger partial charge on any atom is 0.261 e. The topological polar surface area (TPSA) is 58.6 Å². The van der Waals surface area contributed by atoms with Crippen LogP contribution in [0.1, 0.15) is 45.2 Å². The Bertz CT molecular complexity index is 839. The number of rotatable bonds is 10. The first kappa shape index (κ1) is 23.7. The molecule has 1 N–H and O–H groups in total. The van der Waals surface area contributed by atoms with Crippen LogP contribution in [0.15, 0.2) is 48.5 Å². The summed E-state index contributed by atoms with van der Waals surface area (Å²) >= 11 is 6.30. The van der Waals surface area contributed by atoms with Gasteiger partial charge in [0.2, 0.25) is 5.91 Å². The van der Waals surface area contributed by atoms with Crippen molar-refractivity contribution in [2.75, 3.05) is 6.61 Å². The minimum atomic E-state index is -0.658. The van der Waals surface area contributed by atoms with Crippen molar-refractivity contribution in [1.29, 1.82) is 0 Å². The van der Waals surface area contributed by atoms with Crippen molar-refractivity contribution < 1.29 is 14.3 Å². The molecule has 2 atom stereocenters. The Morgan fingerprint density at radius 3 is 2.33 bits per heavy atom. The largest absolute Gasteiger partial charge is 0.484 e. The van der Waals surface area contributed by atoms with Gasteiger partial charge in [0.1, 0.15) is 11.8 Å². The van der Waals surface area contributed by atoms with Crippen LogP contribution in [0.25, 0.3) is 0 Å². The monoisotopic (exact) mass is 430 g/mol. The first-order valence-electron chi connectivity index (χ1n) is 10.4. The number of carbonyl (C=O) groups is 2. The molecule has 0 spiro atoms. The summed E-state index contributed by atoms with van der Waals surface area (Å²) in [5, 5.41) is 3.50. The molecule has 0 aromatic heterocycles. The minimum absolute atomic E-state index is 0.0329. The lowest BCUT2D eigenvalue weighted by Crippen LogP contribution is -2.50. The van der Waals surface area contributed by atoms with Crippen molar-refractivity contribution >= 4 is 23.4 Å². The van der Waals surface area contributed by atoms with Gasteiger partial charge in [0, 0.05) is 17.6 Å². The Kier molecular flexibility index (Phi) is 9.18. The van der Waals surface area contributed by atoms with Crippen LogP contribution in [0.4, 0.5) is 0 Å². The van der Waals surface area contributed by atoms with E-state index in [9.17, 15) is 9.59 Å². The molecule has 0 unspecified atom stereocenters. The highest BCUT2D eigenvalue weighted by molar-refractivity contribution is 6.31. The summed E-state index contributed by atoms with van der Waals surface area (Å²) in [6.07, 6.45) is 1.75. The molecule has 0 saturated carbocycles. The van der Waals surface area contributed by atoms with E-state index in [0.29, 0.717) is 10.8 Å². The summed E-state index contributed by atoms with van der Waals surface area (Å²) in [4.78, 5) is 27.2. The van der Waals surface area contributed by atoms with E-state index in [4.69, 9.17) is 16.3 Å². The second-order valence-corrected chi connectivity index (χ2v) is 7.80. The second-order valence-electron chi connectivity index (χ2n) is 7.39. The van der Waals surface area contributed by atoms with Crippen LogP contribution in [0.3, 0.4) is 0 Å². The molecule has 0 aliphatic rings. The van der Waals surface area contributed by atoms with Crippen LogP contribution in [-0.4, -0.2) is 35.4 Å². The summed E-state index contributed by atoms with van der Waals surface area (Å²) in [6.45, 7) is 7.82. The fraction of sp³-hybridized carbons (Fsp3) is 0.417. The molecule has 0 aliphatic carbocycles. The number of amides is 2.